The molecule has 0 radical (unpaired) electrons. The molecule has 3 rings (SSSR count). The summed E-state index contributed by atoms with van der Waals surface area (Å²) in [6, 6.07) is 5.74. The van der Waals surface area contributed by atoms with Crippen LogP contribution in [0.1, 0.15) is 12.6 Å². The lowest BCUT2D eigenvalue weighted by atomic mass is 9.92. The van der Waals surface area contributed by atoms with Crippen LogP contribution in [0, 0.1) is 11.3 Å². The van der Waals surface area contributed by atoms with Gasteiger partial charge in [-0.25, -0.2) is 9.60 Å². The molecule has 0 spiro atoms. The fourth-order valence-electron chi connectivity index (χ4n) is 3.25. The number of carbonyl (C=O) groups is 1. The van der Waals surface area contributed by atoms with E-state index in [9.17, 15) is 24.8 Å². The SMILES string of the molecule is COC(=O)[C@H](C)N[PH](=O)OC[C@H]1O[C@@](C#N)(c2ccc3c(N)ccnn23)[C@H](O)[C@@H]1O. The summed E-state index contributed by atoms with van der Waals surface area (Å²) >= 11 is 0. The minimum atomic E-state index is -2.90. The molecule has 162 valence electrons. The van der Waals surface area contributed by atoms with E-state index in [1.807, 2.05) is 6.07 Å². The zero-order chi connectivity index (χ0) is 22.1. The van der Waals surface area contributed by atoms with Gasteiger partial charge in [0.15, 0.2) is 0 Å². The van der Waals surface area contributed by atoms with E-state index in [4.69, 9.17) is 15.0 Å². The second-order valence-electron chi connectivity index (χ2n) is 6.73. The average molecular weight is 439 g/mol. The van der Waals surface area contributed by atoms with Crippen LogP contribution in [-0.2, 0) is 29.0 Å². The fraction of sp³-hybridized carbons (Fsp3) is 0.471. The third-order valence-electron chi connectivity index (χ3n) is 4.86. The molecular formula is C17H22N5O7P. The third kappa shape index (κ3) is 3.79. The third-order valence-corrected chi connectivity index (χ3v) is 5.96. The number of anilines is 1. The van der Waals surface area contributed by atoms with Gasteiger partial charge in [-0.3, -0.25) is 9.36 Å². The molecule has 2 aromatic rings. The Morgan fingerprint density at radius 2 is 2.27 bits per heavy atom. The summed E-state index contributed by atoms with van der Waals surface area (Å²) in [5.41, 5.74) is 5.03. The van der Waals surface area contributed by atoms with Crippen molar-refractivity contribution >= 4 is 25.4 Å². The number of aromatic nitrogens is 2. The van der Waals surface area contributed by atoms with Crippen molar-refractivity contribution in [3.63, 3.8) is 0 Å². The fourth-order valence-corrected chi connectivity index (χ4v) is 4.12. The van der Waals surface area contributed by atoms with Crippen molar-refractivity contribution < 1.29 is 33.6 Å². The van der Waals surface area contributed by atoms with Gasteiger partial charge in [0.25, 0.3) is 8.18 Å². The maximum Gasteiger partial charge on any atom is 0.322 e. The highest BCUT2D eigenvalue weighted by molar-refractivity contribution is 7.36. The van der Waals surface area contributed by atoms with Crippen molar-refractivity contribution in [1.29, 1.82) is 5.26 Å². The minimum Gasteiger partial charge on any atom is -0.468 e. The first-order valence-corrected chi connectivity index (χ1v) is 10.3. The molecule has 0 aromatic carbocycles. The van der Waals surface area contributed by atoms with E-state index in [0.29, 0.717) is 11.2 Å². The Kier molecular flexibility index (Phi) is 6.42. The summed E-state index contributed by atoms with van der Waals surface area (Å²) < 4.78 is 28.8. The van der Waals surface area contributed by atoms with Crippen molar-refractivity contribution in [2.45, 2.75) is 36.9 Å². The van der Waals surface area contributed by atoms with Crippen LogP contribution >= 0.6 is 8.18 Å². The van der Waals surface area contributed by atoms with Gasteiger partial charge in [0.05, 0.1) is 30.6 Å². The number of nitrogens with zero attached hydrogens (tertiary/aromatic N) is 3. The van der Waals surface area contributed by atoms with Crippen molar-refractivity contribution in [1.82, 2.24) is 14.7 Å². The lowest BCUT2D eigenvalue weighted by Gasteiger charge is -2.24. The quantitative estimate of drug-likeness (QED) is 0.317. The molecule has 6 atom stereocenters. The van der Waals surface area contributed by atoms with E-state index in [1.54, 1.807) is 12.1 Å². The summed E-state index contributed by atoms with van der Waals surface area (Å²) in [7, 11) is -1.71. The number of rotatable bonds is 7. The first kappa shape index (κ1) is 22.2. The Morgan fingerprint density at radius 3 is 2.93 bits per heavy atom. The Hall–Kier alpha value is -2.52. The van der Waals surface area contributed by atoms with Crippen molar-refractivity contribution in [3.8, 4) is 6.07 Å². The van der Waals surface area contributed by atoms with Crippen molar-refractivity contribution in [2.24, 2.45) is 0 Å². The van der Waals surface area contributed by atoms with Gasteiger partial charge in [-0.15, -0.1) is 0 Å². The summed E-state index contributed by atoms with van der Waals surface area (Å²) in [5.74, 6) is -0.625. The number of esters is 1. The smallest absolute Gasteiger partial charge is 0.322 e. The first-order chi connectivity index (χ1) is 14.2. The lowest BCUT2D eigenvalue weighted by Crippen LogP contribution is -2.41. The molecule has 5 N–H and O–H groups in total. The molecule has 0 bridgehead atoms. The van der Waals surface area contributed by atoms with Crippen LogP contribution in [-0.4, -0.2) is 63.9 Å². The number of fused-ring (bicyclic) bond motifs is 1. The topological polar surface area (TPSA) is 181 Å². The molecule has 13 heteroatoms. The predicted molar refractivity (Wildman–Crippen MR) is 103 cm³/mol. The zero-order valence-electron chi connectivity index (χ0n) is 16.2. The molecule has 1 aliphatic heterocycles. The van der Waals surface area contributed by atoms with Crippen molar-refractivity contribution in [2.75, 3.05) is 19.5 Å². The number of nitrogens with one attached hydrogen (secondary N) is 1. The van der Waals surface area contributed by atoms with Crippen LogP contribution in [0.15, 0.2) is 24.4 Å². The number of hydrogen-bond donors (Lipinski definition) is 4. The number of nitrogen functional groups attached to an aromatic ring is 1. The molecule has 1 saturated heterocycles. The second kappa shape index (κ2) is 8.69. The normalized spacial score (nSPS) is 28.2. The molecular weight excluding hydrogens is 417 g/mol. The molecule has 1 fully saturated rings. The van der Waals surface area contributed by atoms with E-state index in [1.165, 1.54) is 30.8 Å². The minimum absolute atomic E-state index is 0.173. The molecule has 0 amide bonds. The number of aliphatic hydroxyl groups excluding tert-OH is 2. The highest BCUT2D eigenvalue weighted by Crippen LogP contribution is 2.41. The molecule has 3 heterocycles. The monoisotopic (exact) mass is 439 g/mol. The van der Waals surface area contributed by atoms with Gasteiger partial charge in [-0.2, -0.15) is 10.4 Å². The Balaban J connectivity index is 1.78. The summed E-state index contributed by atoms with van der Waals surface area (Å²) in [4.78, 5) is 11.4. The summed E-state index contributed by atoms with van der Waals surface area (Å²) in [6.07, 6.45) is -2.89. The van der Waals surface area contributed by atoms with E-state index in [-0.39, 0.29) is 5.69 Å². The highest BCUT2D eigenvalue weighted by Gasteiger charge is 2.57. The Labute approximate surface area is 172 Å². The van der Waals surface area contributed by atoms with E-state index in [0.717, 1.165) is 0 Å². The summed E-state index contributed by atoms with van der Waals surface area (Å²) in [6.45, 7) is 1.04. The number of nitriles is 1. The van der Waals surface area contributed by atoms with Crippen LogP contribution in [0.4, 0.5) is 5.69 Å². The van der Waals surface area contributed by atoms with Crippen molar-refractivity contribution in [3.05, 3.63) is 30.1 Å². The summed E-state index contributed by atoms with van der Waals surface area (Å²) in [5, 5.41) is 37.4. The second-order valence-corrected chi connectivity index (χ2v) is 7.88. The molecule has 30 heavy (non-hydrogen) atoms. The van der Waals surface area contributed by atoms with Gasteiger partial charge in [0.1, 0.15) is 30.4 Å². The number of aliphatic hydroxyl groups is 2. The standard InChI is InChI=1S/C17H22N5O7P/c1-9(16(25)27-2)21-30(26)28-7-12-14(23)15(24)17(8-18,29-12)13-4-3-11-10(19)5-6-20-22(11)13/h3-6,9,12,14-15,23-24,30H,7,19H2,1-2H3,(H,21,26)/t9-,12+,14+,15+,17-/m0/s1. The number of ether oxygens (including phenoxy) is 2. The number of hydrogen-bond acceptors (Lipinski definition) is 10. The van der Waals surface area contributed by atoms with Crippen LogP contribution in [0.5, 0.6) is 0 Å². The molecule has 0 aliphatic carbocycles. The van der Waals surface area contributed by atoms with Gasteiger partial charge in [0, 0.05) is 6.20 Å². The Morgan fingerprint density at radius 1 is 1.53 bits per heavy atom. The molecule has 1 aliphatic rings. The number of nitrogens with two attached hydrogens (primary N) is 1. The molecule has 0 saturated carbocycles. The van der Waals surface area contributed by atoms with E-state index >= 15 is 0 Å². The first-order valence-electron chi connectivity index (χ1n) is 8.94. The molecule has 2 aromatic heterocycles. The van der Waals surface area contributed by atoms with Crippen LogP contribution in [0.25, 0.3) is 5.52 Å². The molecule has 12 nitrogen and oxygen atoms in total. The predicted octanol–water partition coefficient (Wildman–Crippen LogP) is -0.687. The lowest BCUT2D eigenvalue weighted by molar-refractivity contribution is -0.142. The van der Waals surface area contributed by atoms with Crippen LogP contribution in [0.2, 0.25) is 0 Å². The van der Waals surface area contributed by atoms with Gasteiger partial charge in [-0.05, 0) is 25.1 Å². The van der Waals surface area contributed by atoms with Gasteiger partial charge < -0.3 is 29.9 Å². The maximum absolute atomic E-state index is 12.0. The van der Waals surface area contributed by atoms with Crippen LogP contribution in [0.3, 0.4) is 0 Å². The maximum atomic E-state index is 12.0. The van der Waals surface area contributed by atoms with Gasteiger partial charge in [0.2, 0.25) is 5.60 Å². The largest absolute Gasteiger partial charge is 0.468 e. The average Bonchev–Trinajstić information content (AvgIpc) is 3.27. The van der Waals surface area contributed by atoms with Gasteiger partial charge in [-0.1, -0.05) is 0 Å². The highest BCUT2D eigenvalue weighted by atomic mass is 31.1. The van der Waals surface area contributed by atoms with E-state index < -0.39 is 50.7 Å². The number of carbonyl (C=O) groups excluding carboxylic acids is 1. The van der Waals surface area contributed by atoms with E-state index in [2.05, 4.69) is 14.9 Å². The van der Waals surface area contributed by atoms with Gasteiger partial charge >= 0.3 is 5.97 Å². The zero-order valence-corrected chi connectivity index (χ0v) is 17.2. The Bertz CT molecular complexity index is 1010. The molecule has 1 unspecified atom stereocenters. The number of methoxy groups -OCH3 is 1. The van der Waals surface area contributed by atoms with Crippen LogP contribution < -0.4 is 10.8 Å².